The van der Waals surface area contributed by atoms with E-state index in [9.17, 15) is 0 Å². The van der Waals surface area contributed by atoms with Crippen LogP contribution in [-0.2, 0) is 19.4 Å². The number of hydrogen-bond donors (Lipinski definition) is 0. The van der Waals surface area contributed by atoms with Crippen LogP contribution in [0.5, 0.6) is 11.5 Å². The Morgan fingerprint density at radius 2 is 2.03 bits per heavy atom. The summed E-state index contributed by atoms with van der Waals surface area (Å²) in [6.45, 7) is 5.60. The lowest BCUT2D eigenvalue weighted by molar-refractivity contribution is 0.174. The van der Waals surface area contributed by atoms with Gasteiger partial charge in [-0.05, 0) is 57.2 Å². The van der Waals surface area contributed by atoms with E-state index in [-0.39, 0.29) is 0 Å². The van der Waals surface area contributed by atoms with Gasteiger partial charge in [0.25, 0.3) is 0 Å². The van der Waals surface area contributed by atoms with Crippen LogP contribution < -0.4 is 9.47 Å². The predicted octanol–water partition coefficient (Wildman–Crippen LogP) is 4.37. The summed E-state index contributed by atoms with van der Waals surface area (Å²) in [5, 5.41) is 3.23. The maximum absolute atomic E-state index is 5.51. The first-order valence-electron chi connectivity index (χ1n) is 10.9. The Morgan fingerprint density at radius 1 is 1.13 bits per heavy atom. The number of fused-ring (bicyclic) bond motifs is 2. The average molecular weight is 423 g/mol. The van der Waals surface area contributed by atoms with Gasteiger partial charge >= 0.3 is 0 Å². The highest BCUT2D eigenvalue weighted by molar-refractivity contribution is 7.13. The van der Waals surface area contributed by atoms with Crippen LogP contribution in [0.4, 0.5) is 0 Å². The van der Waals surface area contributed by atoms with Crippen LogP contribution in [0.3, 0.4) is 0 Å². The number of nitrogens with zero attached hydrogens (tertiary/aromatic N) is 4. The summed E-state index contributed by atoms with van der Waals surface area (Å²) >= 11 is 1.70. The molecule has 156 valence electrons. The maximum atomic E-state index is 5.51. The summed E-state index contributed by atoms with van der Waals surface area (Å²) in [5.41, 5.74) is 5.10. The Kier molecular flexibility index (Phi) is 4.53. The summed E-state index contributed by atoms with van der Waals surface area (Å²) < 4.78 is 13.5. The third kappa shape index (κ3) is 3.20. The molecule has 7 heteroatoms. The van der Waals surface area contributed by atoms with E-state index >= 15 is 0 Å². The number of aryl methyl sites for hydroxylation is 2. The molecule has 1 saturated heterocycles. The van der Waals surface area contributed by atoms with Gasteiger partial charge in [0.15, 0.2) is 11.5 Å². The van der Waals surface area contributed by atoms with Gasteiger partial charge < -0.3 is 14.0 Å². The summed E-state index contributed by atoms with van der Waals surface area (Å²) in [6.07, 6.45) is 6.13. The molecule has 3 aliphatic rings. The van der Waals surface area contributed by atoms with Crippen molar-refractivity contribution < 1.29 is 9.47 Å². The fourth-order valence-electron chi connectivity index (χ4n) is 5.12. The largest absolute Gasteiger partial charge is 0.454 e. The number of aromatic nitrogens is 3. The highest BCUT2D eigenvalue weighted by atomic mass is 32.1. The molecule has 1 aromatic carbocycles. The Morgan fingerprint density at radius 3 is 3.00 bits per heavy atom. The summed E-state index contributed by atoms with van der Waals surface area (Å²) in [5.74, 6) is 2.83. The van der Waals surface area contributed by atoms with Crippen LogP contribution in [0.2, 0.25) is 0 Å². The SMILES string of the molecule is Cc1nc2c(n1C1CCN(Cc3csc(-c4ccc5c(c4)OCO5)n3)C1)CCCC2. The van der Waals surface area contributed by atoms with Crippen molar-refractivity contribution in [3.8, 4) is 22.1 Å². The second-order valence-electron chi connectivity index (χ2n) is 8.52. The topological polar surface area (TPSA) is 52.4 Å². The third-order valence-corrected chi connectivity index (χ3v) is 7.46. The Labute approximate surface area is 180 Å². The number of thiazole rings is 1. The summed E-state index contributed by atoms with van der Waals surface area (Å²) in [6, 6.07) is 6.61. The number of benzene rings is 1. The zero-order valence-electron chi connectivity index (χ0n) is 17.3. The normalized spacial score (nSPS) is 20.6. The molecule has 1 atom stereocenters. The van der Waals surface area contributed by atoms with E-state index in [1.165, 1.54) is 42.9 Å². The molecule has 6 rings (SSSR count). The Balaban J connectivity index is 1.15. The fraction of sp³-hybridized carbons (Fsp3) is 0.478. The molecule has 3 aromatic rings. The molecule has 1 fully saturated rings. The maximum Gasteiger partial charge on any atom is 0.231 e. The van der Waals surface area contributed by atoms with Crippen molar-refractivity contribution in [3.05, 3.63) is 46.5 Å². The second kappa shape index (κ2) is 7.39. The molecule has 1 unspecified atom stereocenters. The van der Waals surface area contributed by atoms with E-state index in [0.717, 1.165) is 53.8 Å². The molecule has 2 aromatic heterocycles. The third-order valence-electron chi connectivity index (χ3n) is 6.52. The minimum Gasteiger partial charge on any atom is -0.454 e. The lowest BCUT2D eigenvalue weighted by Gasteiger charge is -2.21. The number of imidazole rings is 1. The molecule has 0 saturated carbocycles. The van der Waals surface area contributed by atoms with E-state index in [4.69, 9.17) is 19.4 Å². The quantitative estimate of drug-likeness (QED) is 0.625. The van der Waals surface area contributed by atoms with E-state index < -0.39 is 0 Å². The van der Waals surface area contributed by atoms with Crippen molar-refractivity contribution in [2.75, 3.05) is 19.9 Å². The molecule has 0 spiro atoms. The fourth-order valence-corrected chi connectivity index (χ4v) is 5.93. The van der Waals surface area contributed by atoms with E-state index in [2.05, 4.69) is 27.8 Å². The van der Waals surface area contributed by atoms with Gasteiger partial charge in [-0.3, -0.25) is 4.90 Å². The van der Waals surface area contributed by atoms with Crippen molar-refractivity contribution in [3.63, 3.8) is 0 Å². The monoisotopic (exact) mass is 422 g/mol. The van der Waals surface area contributed by atoms with Crippen LogP contribution in [-0.4, -0.2) is 39.3 Å². The van der Waals surface area contributed by atoms with Gasteiger partial charge in [-0.1, -0.05) is 0 Å². The summed E-state index contributed by atoms with van der Waals surface area (Å²) in [7, 11) is 0. The molecule has 1 aliphatic carbocycles. The number of ether oxygens (including phenoxy) is 2. The van der Waals surface area contributed by atoms with Crippen LogP contribution in [0.1, 0.15) is 48.2 Å². The minimum atomic E-state index is 0.303. The predicted molar refractivity (Wildman–Crippen MR) is 116 cm³/mol. The molecule has 4 heterocycles. The lowest BCUT2D eigenvalue weighted by Crippen LogP contribution is -2.23. The van der Waals surface area contributed by atoms with Crippen molar-refractivity contribution in [1.82, 2.24) is 19.4 Å². The lowest BCUT2D eigenvalue weighted by atomic mass is 10.0. The molecule has 0 amide bonds. The van der Waals surface area contributed by atoms with Gasteiger partial charge in [-0.15, -0.1) is 11.3 Å². The molecular formula is C23H26N4O2S. The van der Waals surface area contributed by atoms with E-state index in [1.807, 2.05) is 12.1 Å². The average Bonchev–Trinajstić information content (AvgIpc) is 3.53. The van der Waals surface area contributed by atoms with Gasteiger partial charge in [0.2, 0.25) is 6.79 Å². The highest BCUT2D eigenvalue weighted by Gasteiger charge is 2.29. The smallest absolute Gasteiger partial charge is 0.231 e. The molecule has 0 N–H and O–H groups in total. The molecule has 6 nitrogen and oxygen atoms in total. The number of rotatable bonds is 4. The van der Waals surface area contributed by atoms with Gasteiger partial charge in [0, 0.05) is 42.3 Å². The highest BCUT2D eigenvalue weighted by Crippen LogP contribution is 2.37. The van der Waals surface area contributed by atoms with Gasteiger partial charge in [-0.25, -0.2) is 9.97 Å². The Bertz CT molecular complexity index is 1090. The Hall–Kier alpha value is -2.38. The first kappa shape index (κ1) is 18.4. The van der Waals surface area contributed by atoms with Crippen LogP contribution in [0, 0.1) is 6.92 Å². The minimum absolute atomic E-state index is 0.303. The van der Waals surface area contributed by atoms with E-state index in [1.54, 1.807) is 11.3 Å². The van der Waals surface area contributed by atoms with Crippen molar-refractivity contribution >= 4 is 11.3 Å². The first-order valence-corrected chi connectivity index (χ1v) is 11.8. The van der Waals surface area contributed by atoms with Crippen LogP contribution in [0.25, 0.3) is 10.6 Å². The van der Waals surface area contributed by atoms with Crippen molar-refractivity contribution in [2.45, 2.75) is 51.6 Å². The van der Waals surface area contributed by atoms with Crippen LogP contribution >= 0.6 is 11.3 Å². The first-order chi connectivity index (χ1) is 14.7. The van der Waals surface area contributed by atoms with Gasteiger partial charge in [0.1, 0.15) is 10.8 Å². The summed E-state index contributed by atoms with van der Waals surface area (Å²) in [4.78, 5) is 12.3. The zero-order chi connectivity index (χ0) is 20.1. The second-order valence-corrected chi connectivity index (χ2v) is 9.38. The number of likely N-dealkylation sites (tertiary alicyclic amines) is 1. The molecule has 2 aliphatic heterocycles. The van der Waals surface area contributed by atoms with Crippen LogP contribution in [0.15, 0.2) is 23.6 Å². The molecule has 30 heavy (non-hydrogen) atoms. The van der Waals surface area contributed by atoms with Gasteiger partial charge in [-0.2, -0.15) is 0 Å². The van der Waals surface area contributed by atoms with E-state index in [0.29, 0.717) is 12.8 Å². The molecule has 0 radical (unpaired) electrons. The number of hydrogen-bond acceptors (Lipinski definition) is 6. The van der Waals surface area contributed by atoms with Gasteiger partial charge in [0.05, 0.1) is 11.4 Å². The zero-order valence-corrected chi connectivity index (χ0v) is 18.1. The standard InChI is InChI=1S/C23H26N4O2S/c1-15-24-19-4-2-3-5-20(19)27(15)18-8-9-26(12-18)11-17-13-30-23(25-17)16-6-7-21-22(10-16)29-14-28-21/h6-7,10,13,18H,2-5,8-9,11-12,14H2,1H3. The molecular weight excluding hydrogens is 396 g/mol. The van der Waals surface area contributed by atoms with Crippen molar-refractivity contribution in [1.29, 1.82) is 0 Å². The van der Waals surface area contributed by atoms with Crippen molar-refractivity contribution in [2.24, 2.45) is 0 Å². The molecule has 0 bridgehead atoms.